The molecule has 2 heteroatoms. The van der Waals surface area contributed by atoms with Gasteiger partial charge < -0.3 is 9.84 Å². The fraction of sp³-hybridized carbons (Fsp3) is 1.00. The van der Waals surface area contributed by atoms with Crippen molar-refractivity contribution in [1.82, 2.24) is 0 Å². The first kappa shape index (κ1) is 12.0. The Morgan fingerprint density at radius 2 is 2.14 bits per heavy atom. The molecule has 1 aliphatic rings. The molecule has 2 nitrogen and oxygen atoms in total. The summed E-state index contributed by atoms with van der Waals surface area (Å²) >= 11 is 0. The van der Waals surface area contributed by atoms with Crippen LogP contribution in [0, 0.1) is 11.3 Å². The molecule has 0 aromatic rings. The summed E-state index contributed by atoms with van der Waals surface area (Å²) in [6, 6.07) is 0. The standard InChI is InChI=1S/C12H24O2/c1-9-7-11(14-8-10(2)13)5-6-12(9,3)4/h9-11,13H,5-8H2,1-4H3/t9?,10?,11-/m0/s1. The lowest BCUT2D eigenvalue weighted by atomic mass is 9.69. The van der Waals surface area contributed by atoms with E-state index in [1.165, 1.54) is 6.42 Å². The number of rotatable bonds is 3. The molecule has 3 atom stereocenters. The smallest absolute Gasteiger partial charge is 0.0745 e. The van der Waals surface area contributed by atoms with Gasteiger partial charge in [0.25, 0.3) is 0 Å². The fourth-order valence-electron chi connectivity index (χ4n) is 2.04. The van der Waals surface area contributed by atoms with Crippen LogP contribution >= 0.6 is 0 Å². The van der Waals surface area contributed by atoms with Crippen molar-refractivity contribution in [2.45, 2.75) is 59.2 Å². The third-order valence-corrected chi connectivity index (χ3v) is 3.63. The van der Waals surface area contributed by atoms with Crippen molar-refractivity contribution in [3.05, 3.63) is 0 Å². The van der Waals surface area contributed by atoms with Crippen LogP contribution in [0.3, 0.4) is 0 Å². The van der Waals surface area contributed by atoms with Gasteiger partial charge in [0.2, 0.25) is 0 Å². The molecule has 2 unspecified atom stereocenters. The van der Waals surface area contributed by atoms with E-state index < -0.39 is 0 Å². The molecule has 0 heterocycles. The zero-order valence-electron chi connectivity index (χ0n) is 9.92. The quantitative estimate of drug-likeness (QED) is 0.759. The number of ether oxygens (including phenoxy) is 1. The Kier molecular flexibility index (Phi) is 3.96. The minimum atomic E-state index is -0.333. The molecule has 0 spiro atoms. The van der Waals surface area contributed by atoms with Gasteiger partial charge in [0.15, 0.2) is 0 Å². The van der Waals surface area contributed by atoms with E-state index in [2.05, 4.69) is 20.8 Å². The minimum absolute atomic E-state index is 0.333. The van der Waals surface area contributed by atoms with Crippen LogP contribution in [-0.4, -0.2) is 23.9 Å². The van der Waals surface area contributed by atoms with Crippen LogP contribution in [-0.2, 0) is 4.74 Å². The molecular formula is C12H24O2. The molecular weight excluding hydrogens is 176 g/mol. The van der Waals surface area contributed by atoms with E-state index >= 15 is 0 Å². The Bertz CT molecular complexity index is 173. The Morgan fingerprint density at radius 1 is 1.50 bits per heavy atom. The number of aliphatic hydroxyl groups excluding tert-OH is 1. The maximum Gasteiger partial charge on any atom is 0.0745 e. The van der Waals surface area contributed by atoms with E-state index in [9.17, 15) is 0 Å². The first-order valence-corrected chi connectivity index (χ1v) is 5.71. The lowest BCUT2D eigenvalue weighted by Gasteiger charge is -2.40. The average molecular weight is 200 g/mol. The Morgan fingerprint density at radius 3 is 2.64 bits per heavy atom. The molecule has 1 rings (SSSR count). The molecule has 0 radical (unpaired) electrons. The van der Waals surface area contributed by atoms with Gasteiger partial charge in [-0.2, -0.15) is 0 Å². The van der Waals surface area contributed by atoms with Gasteiger partial charge in [-0.1, -0.05) is 20.8 Å². The van der Waals surface area contributed by atoms with E-state index in [0.29, 0.717) is 18.1 Å². The van der Waals surface area contributed by atoms with Crippen molar-refractivity contribution < 1.29 is 9.84 Å². The number of hydrogen-bond acceptors (Lipinski definition) is 2. The summed E-state index contributed by atoms with van der Waals surface area (Å²) in [6.07, 6.45) is 3.55. The van der Waals surface area contributed by atoms with Gasteiger partial charge in [-0.25, -0.2) is 0 Å². The van der Waals surface area contributed by atoms with Crippen molar-refractivity contribution in [3.8, 4) is 0 Å². The first-order chi connectivity index (χ1) is 6.42. The van der Waals surface area contributed by atoms with E-state index in [1.807, 2.05) is 0 Å². The lowest BCUT2D eigenvalue weighted by Crippen LogP contribution is -2.34. The highest BCUT2D eigenvalue weighted by Gasteiger charge is 2.33. The summed E-state index contributed by atoms with van der Waals surface area (Å²) in [5.74, 6) is 0.718. The summed E-state index contributed by atoms with van der Waals surface area (Å²) in [5, 5.41) is 9.13. The summed E-state index contributed by atoms with van der Waals surface area (Å²) < 4.78 is 5.66. The zero-order valence-corrected chi connectivity index (χ0v) is 9.92. The molecule has 1 N–H and O–H groups in total. The maximum atomic E-state index is 9.13. The van der Waals surface area contributed by atoms with Crippen LogP contribution in [0.1, 0.15) is 47.0 Å². The Balaban J connectivity index is 2.32. The first-order valence-electron chi connectivity index (χ1n) is 5.71. The van der Waals surface area contributed by atoms with Crippen molar-refractivity contribution in [1.29, 1.82) is 0 Å². The monoisotopic (exact) mass is 200 g/mol. The SMILES string of the molecule is CC(O)CO[C@H]1CCC(C)(C)C(C)C1. The predicted octanol–water partition coefficient (Wildman–Crippen LogP) is 2.60. The second kappa shape index (κ2) is 4.63. The fourth-order valence-corrected chi connectivity index (χ4v) is 2.04. The van der Waals surface area contributed by atoms with Crippen molar-refractivity contribution in [3.63, 3.8) is 0 Å². The van der Waals surface area contributed by atoms with Crippen molar-refractivity contribution >= 4 is 0 Å². The van der Waals surface area contributed by atoms with Crippen LogP contribution < -0.4 is 0 Å². The van der Waals surface area contributed by atoms with Gasteiger partial charge >= 0.3 is 0 Å². The van der Waals surface area contributed by atoms with E-state index in [4.69, 9.17) is 9.84 Å². The second-order valence-electron chi connectivity index (χ2n) is 5.47. The number of hydrogen-bond donors (Lipinski definition) is 1. The van der Waals surface area contributed by atoms with Crippen LogP contribution in [0.4, 0.5) is 0 Å². The molecule has 0 aromatic carbocycles. The van der Waals surface area contributed by atoms with Gasteiger partial charge in [-0.15, -0.1) is 0 Å². The van der Waals surface area contributed by atoms with Gasteiger partial charge in [-0.3, -0.25) is 0 Å². The normalized spacial score (nSPS) is 34.1. The summed E-state index contributed by atoms with van der Waals surface area (Å²) in [7, 11) is 0. The maximum absolute atomic E-state index is 9.13. The van der Waals surface area contributed by atoms with E-state index in [-0.39, 0.29) is 6.10 Å². The van der Waals surface area contributed by atoms with E-state index in [1.54, 1.807) is 6.92 Å². The van der Waals surface area contributed by atoms with Crippen LogP contribution in [0.25, 0.3) is 0 Å². The Hall–Kier alpha value is -0.0800. The number of aliphatic hydroxyl groups is 1. The molecule has 84 valence electrons. The van der Waals surface area contributed by atoms with Crippen LogP contribution in [0.5, 0.6) is 0 Å². The highest BCUT2D eigenvalue weighted by Crippen LogP contribution is 2.41. The van der Waals surface area contributed by atoms with Gasteiger partial charge in [0, 0.05) is 0 Å². The summed E-state index contributed by atoms with van der Waals surface area (Å²) in [6.45, 7) is 9.23. The third kappa shape index (κ3) is 3.25. The summed E-state index contributed by atoms with van der Waals surface area (Å²) in [4.78, 5) is 0. The van der Waals surface area contributed by atoms with Crippen molar-refractivity contribution in [2.24, 2.45) is 11.3 Å². The van der Waals surface area contributed by atoms with Crippen molar-refractivity contribution in [2.75, 3.05) is 6.61 Å². The molecule has 0 bridgehead atoms. The zero-order chi connectivity index (χ0) is 10.8. The summed E-state index contributed by atoms with van der Waals surface area (Å²) in [5.41, 5.74) is 0.463. The van der Waals surface area contributed by atoms with Gasteiger partial charge in [0.05, 0.1) is 18.8 Å². The second-order valence-corrected chi connectivity index (χ2v) is 5.47. The third-order valence-electron chi connectivity index (χ3n) is 3.63. The minimum Gasteiger partial charge on any atom is -0.391 e. The largest absolute Gasteiger partial charge is 0.391 e. The predicted molar refractivity (Wildman–Crippen MR) is 58.2 cm³/mol. The molecule has 0 saturated heterocycles. The molecule has 14 heavy (non-hydrogen) atoms. The lowest BCUT2D eigenvalue weighted by molar-refractivity contribution is -0.0490. The topological polar surface area (TPSA) is 29.5 Å². The molecule has 1 fully saturated rings. The Labute approximate surface area is 87.7 Å². The molecule has 0 amide bonds. The molecule has 0 aromatic heterocycles. The van der Waals surface area contributed by atoms with Crippen LogP contribution in [0.2, 0.25) is 0 Å². The average Bonchev–Trinajstić information content (AvgIpc) is 2.07. The highest BCUT2D eigenvalue weighted by atomic mass is 16.5. The molecule has 0 aliphatic heterocycles. The molecule has 1 aliphatic carbocycles. The van der Waals surface area contributed by atoms with Gasteiger partial charge in [0.1, 0.15) is 0 Å². The highest BCUT2D eigenvalue weighted by molar-refractivity contribution is 4.84. The van der Waals surface area contributed by atoms with Crippen LogP contribution in [0.15, 0.2) is 0 Å². The van der Waals surface area contributed by atoms with Gasteiger partial charge in [-0.05, 0) is 37.5 Å². The molecule has 1 saturated carbocycles. The van der Waals surface area contributed by atoms with E-state index in [0.717, 1.165) is 18.8 Å².